The Kier molecular flexibility index (Phi) is 5.18. The molecule has 0 atom stereocenters. The summed E-state index contributed by atoms with van der Waals surface area (Å²) in [6, 6.07) is 9.68. The van der Waals surface area contributed by atoms with Crippen LogP contribution in [0.5, 0.6) is 0 Å². The van der Waals surface area contributed by atoms with Gasteiger partial charge in [-0.25, -0.2) is 9.78 Å². The molecule has 27 heavy (non-hydrogen) atoms. The van der Waals surface area contributed by atoms with E-state index in [2.05, 4.69) is 27.1 Å². The second-order valence-corrected chi connectivity index (χ2v) is 7.52. The van der Waals surface area contributed by atoms with E-state index in [0.717, 1.165) is 60.3 Å². The topological polar surface area (TPSA) is 51.7 Å². The van der Waals surface area contributed by atoms with Crippen molar-refractivity contribution in [2.75, 3.05) is 49.6 Å². The fraction of sp³-hybridized carbons (Fsp3) is 0.400. The molecule has 0 spiro atoms. The molecule has 6 nitrogen and oxygen atoms in total. The summed E-state index contributed by atoms with van der Waals surface area (Å²) in [6.45, 7) is 5.22. The van der Waals surface area contributed by atoms with Crippen molar-refractivity contribution in [3.63, 3.8) is 0 Å². The van der Waals surface area contributed by atoms with Gasteiger partial charge in [0.2, 0.25) is 0 Å². The molecule has 2 aliphatic rings. The third kappa shape index (κ3) is 3.87. The average Bonchev–Trinajstić information content (AvgIpc) is 3.13. The van der Waals surface area contributed by atoms with Crippen LogP contribution in [0.2, 0.25) is 5.02 Å². The Balaban J connectivity index is 1.34. The van der Waals surface area contributed by atoms with E-state index in [4.69, 9.17) is 11.6 Å². The zero-order valence-corrected chi connectivity index (χ0v) is 16.2. The molecular weight excluding hydrogens is 362 g/mol. The molecule has 4 rings (SSSR count). The molecule has 1 fully saturated rings. The number of piperazine rings is 1. The minimum atomic E-state index is -0.0980. The largest absolute Gasteiger partial charge is 0.354 e. The number of nitrogens with zero attached hydrogens (tertiary/aromatic N) is 4. The van der Waals surface area contributed by atoms with Gasteiger partial charge in [0.1, 0.15) is 5.82 Å². The number of amides is 2. The van der Waals surface area contributed by atoms with Crippen LogP contribution in [0, 0.1) is 0 Å². The third-order valence-electron chi connectivity index (χ3n) is 5.30. The minimum Gasteiger partial charge on any atom is -0.354 e. The van der Waals surface area contributed by atoms with Crippen LogP contribution in [0.4, 0.5) is 16.3 Å². The van der Waals surface area contributed by atoms with Crippen LogP contribution < -0.4 is 15.1 Å². The van der Waals surface area contributed by atoms with Crippen LogP contribution in [-0.4, -0.2) is 55.7 Å². The zero-order chi connectivity index (χ0) is 18.8. The molecule has 142 valence electrons. The second-order valence-electron chi connectivity index (χ2n) is 7.11. The lowest BCUT2D eigenvalue weighted by atomic mass is 10.2. The summed E-state index contributed by atoms with van der Waals surface area (Å²) in [7, 11) is 2.14. The van der Waals surface area contributed by atoms with Gasteiger partial charge in [0.05, 0.1) is 5.69 Å². The molecule has 7 heteroatoms. The standard InChI is InChI=1S/C20H24ClN5O/c1-24-9-11-25(12-10-24)19-6-5-15(13-22-19)14-23-20(27)26-8-7-16-17(21)3-2-4-18(16)26/h2-6,13H,7-12,14H2,1H3,(H,23,27). The Morgan fingerprint density at radius 3 is 2.70 bits per heavy atom. The fourth-order valence-electron chi connectivity index (χ4n) is 3.62. The number of fused-ring (bicyclic) bond motifs is 1. The van der Waals surface area contributed by atoms with Crippen LogP contribution in [0.3, 0.4) is 0 Å². The number of urea groups is 1. The summed E-state index contributed by atoms with van der Waals surface area (Å²) in [6.07, 6.45) is 2.65. The Bertz CT molecular complexity index is 818. The number of halogens is 1. The van der Waals surface area contributed by atoms with Gasteiger partial charge in [-0.2, -0.15) is 0 Å². The van der Waals surface area contributed by atoms with E-state index in [1.165, 1.54) is 0 Å². The monoisotopic (exact) mass is 385 g/mol. The zero-order valence-electron chi connectivity index (χ0n) is 15.5. The van der Waals surface area contributed by atoms with Gasteiger partial charge in [-0.15, -0.1) is 0 Å². The van der Waals surface area contributed by atoms with E-state index < -0.39 is 0 Å². The minimum absolute atomic E-state index is 0.0980. The molecule has 1 aromatic heterocycles. The van der Waals surface area contributed by atoms with Gasteiger partial charge in [0.25, 0.3) is 0 Å². The Morgan fingerprint density at radius 2 is 1.96 bits per heavy atom. The lowest BCUT2D eigenvalue weighted by molar-refractivity contribution is 0.246. The maximum atomic E-state index is 12.6. The Hall–Kier alpha value is -2.31. The fourth-order valence-corrected chi connectivity index (χ4v) is 3.88. The van der Waals surface area contributed by atoms with Crippen molar-refractivity contribution in [2.24, 2.45) is 0 Å². The molecule has 2 aromatic rings. The van der Waals surface area contributed by atoms with Crippen molar-refractivity contribution in [2.45, 2.75) is 13.0 Å². The molecule has 2 amide bonds. The van der Waals surface area contributed by atoms with Crippen LogP contribution >= 0.6 is 11.6 Å². The van der Waals surface area contributed by atoms with Gasteiger partial charge in [-0.05, 0) is 42.8 Å². The molecular formula is C20H24ClN5O. The van der Waals surface area contributed by atoms with Crippen molar-refractivity contribution >= 4 is 29.1 Å². The first-order chi connectivity index (χ1) is 13.1. The number of rotatable bonds is 3. The van der Waals surface area contributed by atoms with E-state index in [9.17, 15) is 4.79 Å². The Morgan fingerprint density at radius 1 is 1.15 bits per heavy atom. The number of hydrogen-bond acceptors (Lipinski definition) is 4. The highest BCUT2D eigenvalue weighted by Crippen LogP contribution is 2.33. The maximum absolute atomic E-state index is 12.6. The molecule has 0 aliphatic carbocycles. The number of nitrogens with one attached hydrogen (secondary N) is 1. The van der Waals surface area contributed by atoms with Crippen molar-refractivity contribution in [1.82, 2.24) is 15.2 Å². The van der Waals surface area contributed by atoms with E-state index in [1.807, 2.05) is 36.5 Å². The number of anilines is 2. The van der Waals surface area contributed by atoms with Crippen molar-refractivity contribution in [3.8, 4) is 0 Å². The van der Waals surface area contributed by atoms with Crippen molar-refractivity contribution in [1.29, 1.82) is 0 Å². The summed E-state index contributed by atoms with van der Waals surface area (Å²) >= 11 is 6.23. The molecule has 1 N–H and O–H groups in total. The van der Waals surface area contributed by atoms with Crippen molar-refractivity contribution < 1.29 is 4.79 Å². The summed E-state index contributed by atoms with van der Waals surface area (Å²) in [5.74, 6) is 1.00. The van der Waals surface area contributed by atoms with Gasteiger partial charge in [-0.3, -0.25) is 4.90 Å². The summed E-state index contributed by atoms with van der Waals surface area (Å²) in [5, 5.41) is 3.72. The first-order valence-corrected chi connectivity index (χ1v) is 9.71. The van der Waals surface area contributed by atoms with Gasteiger partial charge < -0.3 is 15.1 Å². The van der Waals surface area contributed by atoms with Crippen LogP contribution in [0.25, 0.3) is 0 Å². The highest BCUT2D eigenvalue weighted by molar-refractivity contribution is 6.32. The summed E-state index contributed by atoms with van der Waals surface area (Å²) in [4.78, 5) is 23.5. The normalized spacial score (nSPS) is 17.1. The summed E-state index contributed by atoms with van der Waals surface area (Å²) in [5.41, 5.74) is 2.95. The van der Waals surface area contributed by atoms with Crippen LogP contribution in [-0.2, 0) is 13.0 Å². The molecule has 2 aliphatic heterocycles. The highest BCUT2D eigenvalue weighted by atomic mass is 35.5. The maximum Gasteiger partial charge on any atom is 0.322 e. The number of pyridine rings is 1. The predicted molar refractivity (Wildman–Crippen MR) is 109 cm³/mol. The number of aromatic nitrogens is 1. The van der Waals surface area contributed by atoms with Crippen molar-refractivity contribution in [3.05, 3.63) is 52.7 Å². The number of likely N-dealkylation sites (N-methyl/N-ethyl adjacent to an activating group) is 1. The van der Waals surface area contributed by atoms with Crippen LogP contribution in [0.1, 0.15) is 11.1 Å². The molecule has 3 heterocycles. The number of carbonyl (C=O) groups excluding carboxylic acids is 1. The summed E-state index contributed by atoms with van der Waals surface area (Å²) < 4.78 is 0. The average molecular weight is 386 g/mol. The number of benzene rings is 1. The second kappa shape index (κ2) is 7.74. The SMILES string of the molecule is CN1CCN(c2ccc(CNC(=O)N3CCc4c(Cl)cccc43)cn2)CC1. The van der Waals surface area contributed by atoms with Gasteiger partial charge in [-0.1, -0.05) is 23.7 Å². The molecule has 0 radical (unpaired) electrons. The Labute approximate surface area is 164 Å². The number of carbonyl (C=O) groups is 1. The molecule has 0 bridgehead atoms. The lowest BCUT2D eigenvalue weighted by Gasteiger charge is -2.33. The van der Waals surface area contributed by atoms with Gasteiger partial charge >= 0.3 is 6.03 Å². The van der Waals surface area contributed by atoms with Gasteiger partial charge in [0.15, 0.2) is 0 Å². The third-order valence-corrected chi connectivity index (χ3v) is 5.65. The lowest BCUT2D eigenvalue weighted by Crippen LogP contribution is -2.44. The smallest absolute Gasteiger partial charge is 0.322 e. The molecule has 0 saturated carbocycles. The first-order valence-electron chi connectivity index (χ1n) is 9.33. The predicted octanol–water partition coefficient (Wildman–Crippen LogP) is 2.76. The highest BCUT2D eigenvalue weighted by Gasteiger charge is 2.25. The van der Waals surface area contributed by atoms with Crippen LogP contribution in [0.15, 0.2) is 36.5 Å². The van der Waals surface area contributed by atoms with E-state index in [0.29, 0.717) is 13.1 Å². The molecule has 0 unspecified atom stereocenters. The van der Waals surface area contributed by atoms with E-state index in [-0.39, 0.29) is 6.03 Å². The van der Waals surface area contributed by atoms with Gasteiger partial charge in [0, 0.05) is 50.5 Å². The first kappa shape index (κ1) is 18.1. The molecule has 1 saturated heterocycles. The number of hydrogen-bond donors (Lipinski definition) is 1. The van der Waals surface area contributed by atoms with E-state index >= 15 is 0 Å². The molecule has 1 aromatic carbocycles. The van der Waals surface area contributed by atoms with E-state index in [1.54, 1.807) is 4.90 Å². The quantitative estimate of drug-likeness (QED) is 0.882.